The molecule has 0 aliphatic rings. The third-order valence-electron chi connectivity index (χ3n) is 4.17. The van der Waals surface area contributed by atoms with Gasteiger partial charge >= 0.3 is 5.97 Å². The quantitative estimate of drug-likeness (QED) is 0.676. The average molecular weight is 352 g/mol. The van der Waals surface area contributed by atoms with Crippen molar-refractivity contribution in [2.45, 2.75) is 6.42 Å². The van der Waals surface area contributed by atoms with Crippen LogP contribution in [0, 0.1) is 0 Å². The predicted molar refractivity (Wildman–Crippen MR) is 100 cm³/mol. The van der Waals surface area contributed by atoms with Crippen LogP contribution in [0.3, 0.4) is 0 Å². The smallest absolute Gasteiger partial charge is 0.339 e. The van der Waals surface area contributed by atoms with Gasteiger partial charge in [0.15, 0.2) is 11.5 Å². The number of nitrogens with zero attached hydrogens (tertiary/aromatic N) is 1. The lowest BCUT2D eigenvalue weighted by Crippen LogP contribution is -2.11. The number of benzene rings is 2. The summed E-state index contributed by atoms with van der Waals surface area (Å²) < 4.78 is 10.6. The van der Waals surface area contributed by atoms with E-state index in [-0.39, 0.29) is 5.56 Å². The highest BCUT2D eigenvalue weighted by molar-refractivity contribution is 6.04. The number of nitrogens with one attached hydrogen (secondary N) is 1. The molecule has 6 nitrogen and oxygen atoms in total. The van der Waals surface area contributed by atoms with Crippen molar-refractivity contribution >= 4 is 22.6 Å². The van der Waals surface area contributed by atoms with E-state index in [1.165, 1.54) is 6.20 Å². The number of rotatable bonds is 7. The lowest BCUT2D eigenvalue weighted by atomic mass is 10.1. The van der Waals surface area contributed by atoms with Crippen molar-refractivity contribution in [3.8, 4) is 11.5 Å². The summed E-state index contributed by atoms with van der Waals surface area (Å²) in [5.41, 5.74) is 2.57. The summed E-state index contributed by atoms with van der Waals surface area (Å²) in [7, 11) is 3.20. The van der Waals surface area contributed by atoms with E-state index in [4.69, 9.17) is 9.47 Å². The molecule has 3 aromatic rings. The Balaban J connectivity index is 1.82. The van der Waals surface area contributed by atoms with E-state index in [0.29, 0.717) is 30.2 Å². The maximum Gasteiger partial charge on any atom is 0.339 e. The maximum atomic E-state index is 11.5. The molecule has 0 radical (unpaired) electrons. The fourth-order valence-corrected chi connectivity index (χ4v) is 2.86. The fraction of sp³-hybridized carbons (Fsp3) is 0.200. The number of carbonyl (C=O) groups is 1. The molecule has 0 saturated carbocycles. The lowest BCUT2D eigenvalue weighted by Gasteiger charge is -2.13. The SMILES string of the molecule is COc1ccc(CCNc2c(C(=O)O)cnc3ccccc23)cc1OC. The highest BCUT2D eigenvalue weighted by Gasteiger charge is 2.14. The predicted octanol–water partition coefficient (Wildman–Crippen LogP) is 3.60. The molecule has 0 amide bonds. The first-order valence-electron chi connectivity index (χ1n) is 8.20. The van der Waals surface area contributed by atoms with Crippen LogP contribution in [0.5, 0.6) is 11.5 Å². The van der Waals surface area contributed by atoms with E-state index in [1.807, 2.05) is 42.5 Å². The Kier molecular flexibility index (Phi) is 5.22. The Morgan fingerprint density at radius 2 is 1.88 bits per heavy atom. The number of hydrogen-bond acceptors (Lipinski definition) is 5. The van der Waals surface area contributed by atoms with Crippen LogP contribution in [0.1, 0.15) is 15.9 Å². The second-order valence-electron chi connectivity index (χ2n) is 5.74. The number of aromatic carboxylic acids is 1. The van der Waals surface area contributed by atoms with Crippen LogP contribution in [0.4, 0.5) is 5.69 Å². The van der Waals surface area contributed by atoms with Crippen LogP contribution < -0.4 is 14.8 Å². The fourth-order valence-electron chi connectivity index (χ4n) is 2.86. The number of para-hydroxylation sites is 1. The van der Waals surface area contributed by atoms with Gasteiger partial charge in [0.25, 0.3) is 0 Å². The number of ether oxygens (including phenoxy) is 2. The Morgan fingerprint density at radius 1 is 1.12 bits per heavy atom. The second kappa shape index (κ2) is 7.74. The molecule has 134 valence electrons. The van der Waals surface area contributed by atoms with E-state index in [0.717, 1.165) is 16.5 Å². The molecule has 0 spiro atoms. The van der Waals surface area contributed by atoms with Gasteiger partial charge in [0.05, 0.1) is 25.4 Å². The van der Waals surface area contributed by atoms with E-state index >= 15 is 0 Å². The third-order valence-corrected chi connectivity index (χ3v) is 4.17. The van der Waals surface area contributed by atoms with E-state index in [1.54, 1.807) is 14.2 Å². The number of fused-ring (bicyclic) bond motifs is 1. The van der Waals surface area contributed by atoms with Crippen molar-refractivity contribution in [3.63, 3.8) is 0 Å². The Hall–Kier alpha value is -3.28. The van der Waals surface area contributed by atoms with Gasteiger partial charge in [0.1, 0.15) is 5.56 Å². The Bertz CT molecular complexity index is 940. The molecule has 3 rings (SSSR count). The van der Waals surface area contributed by atoms with E-state index in [9.17, 15) is 9.90 Å². The number of carboxylic acids is 1. The van der Waals surface area contributed by atoms with Crippen LogP contribution in [-0.4, -0.2) is 36.8 Å². The first-order chi connectivity index (χ1) is 12.6. The highest BCUT2D eigenvalue weighted by atomic mass is 16.5. The zero-order valence-corrected chi connectivity index (χ0v) is 14.7. The lowest BCUT2D eigenvalue weighted by molar-refractivity contribution is 0.0697. The van der Waals surface area contributed by atoms with Gasteiger partial charge in [-0.25, -0.2) is 4.79 Å². The maximum absolute atomic E-state index is 11.5. The standard InChI is InChI=1S/C20H20N2O4/c1-25-17-8-7-13(11-18(17)26-2)9-10-21-19-14-5-3-4-6-16(14)22-12-15(19)20(23)24/h3-8,11-12H,9-10H2,1-2H3,(H,21,22)(H,23,24). The largest absolute Gasteiger partial charge is 0.493 e. The zero-order chi connectivity index (χ0) is 18.5. The van der Waals surface area contributed by atoms with Gasteiger partial charge in [-0.05, 0) is 30.2 Å². The van der Waals surface area contributed by atoms with E-state index in [2.05, 4.69) is 10.3 Å². The highest BCUT2D eigenvalue weighted by Crippen LogP contribution is 2.28. The van der Waals surface area contributed by atoms with Crippen LogP contribution in [-0.2, 0) is 6.42 Å². The first kappa shape index (κ1) is 17.5. The van der Waals surface area contributed by atoms with E-state index < -0.39 is 5.97 Å². The van der Waals surface area contributed by atoms with Crippen LogP contribution in [0.25, 0.3) is 10.9 Å². The number of pyridine rings is 1. The number of carboxylic acid groups (broad SMARTS) is 1. The molecule has 2 N–H and O–H groups in total. The number of anilines is 1. The summed E-state index contributed by atoms with van der Waals surface area (Å²) in [6.45, 7) is 0.573. The van der Waals surface area contributed by atoms with Gasteiger partial charge < -0.3 is 19.9 Å². The minimum absolute atomic E-state index is 0.163. The van der Waals surface area contributed by atoms with Crippen molar-refractivity contribution in [1.29, 1.82) is 0 Å². The first-order valence-corrected chi connectivity index (χ1v) is 8.20. The summed E-state index contributed by atoms with van der Waals surface area (Å²) in [6, 6.07) is 13.2. The molecule has 26 heavy (non-hydrogen) atoms. The van der Waals surface area contributed by atoms with Crippen molar-refractivity contribution in [1.82, 2.24) is 4.98 Å². The van der Waals surface area contributed by atoms with Crippen LogP contribution in [0.15, 0.2) is 48.7 Å². The molecule has 0 aliphatic heterocycles. The topological polar surface area (TPSA) is 80.7 Å². The van der Waals surface area contributed by atoms with Crippen LogP contribution >= 0.6 is 0 Å². The van der Waals surface area contributed by atoms with Gasteiger partial charge in [-0.3, -0.25) is 4.98 Å². The Labute approximate surface area is 151 Å². The molecule has 1 heterocycles. The molecule has 0 aliphatic carbocycles. The van der Waals surface area contributed by atoms with Gasteiger partial charge in [0, 0.05) is 18.1 Å². The molecule has 1 aromatic heterocycles. The molecule has 2 aromatic carbocycles. The molecule has 0 unspecified atom stereocenters. The monoisotopic (exact) mass is 352 g/mol. The minimum atomic E-state index is -1.00. The van der Waals surface area contributed by atoms with Crippen molar-refractivity contribution in [3.05, 3.63) is 59.8 Å². The summed E-state index contributed by atoms with van der Waals surface area (Å²) >= 11 is 0. The molecule has 0 atom stereocenters. The minimum Gasteiger partial charge on any atom is -0.493 e. The summed E-state index contributed by atoms with van der Waals surface area (Å²) in [5, 5.41) is 13.5. The molecular formula is C20H20N2O4. The molecular weight excluding hydrogens is 332 g/mol. The summed E-state index contributed by atoms with van der Waals surface area (Å²) in [5.74, 6) is 0.347. The molecule has 0 saturated heterocycles. The normalized spacial score (nSPS) is 10.5. The zero-order valence-electron chi connectivity index (χ0n) is 14.7. The molecule has 0 fully saturated rings. The number of hydrogen-bond donors (Lipinski definition) is 2. The van der Waals surface area contributed by atoms with Crippen molar-refractivity contribution in [2.24, 2.45) is 0 Å². The van der Waals surface area contributed by atoms with Crippen LogP contribution in [0.2, 0.25) is 0 Å². The third kappa shape index (κ3) is 3.54. The average Bonchev–Trinajstić information content (AvgIpc) is 2.67. The van der Waals surface area contributed by atoms with Gasteiger partial charge in [-0.2, -0.15) is 0 Å². The second-order valence-corrected chi connectivity index (χ2v) is 5.74. The summed E-state index contributed by atoms with van der Waals surface area (Å²) in [4.78, 5) is 15.8. The molecule has 0 bridgehead atoms. The van der Waals surface area contributed by atoms with Crippen molar-refractivity contribution < 1.29 is 19.4 Å². The Morgan fingerprint density at radius 3 is 2.62 bits per heavy atom. The number of aromatic nitrogens is 1. The van der Waals surface area contributed by atoms with Gasteiger partial charge in [-0.15, -0.1) is 0 Å². The van der Waals surface area contributed by atoms with Crippen molar-refractivity contribution in [2.75, 3.05) is 26.1 Å². The van der Waals surface area contributed by atoms with Gasteiger partial charge in [-0.1, -0.05) is 24.3 Å². The summed E-state index contributed by atoms with van der Waals surface area (Å²) in [6.07, 6.45) is 2.10. The van der Waals surface area contributed by atoms with Gasteiger partial charge in [0.2, 0.25) is 0 Å². The number of methoxy groups -OCH3 is 2. The molecule has 6 heteroatoms.